The highest BCUT2D eigenvalue weighted by molar-refractivity contribution is 5.98. The predicted octanol–water partition coefficient (Wildman–Crippen LogP) is 1.88. The molecule has 2 fully saturated rings. The number of anilines is 1. The minimum absolute atomic E-state index is 0.115. The topological polar surface area (TPSA) is 49.4 Å². The maximum atomic E-state index is 12.4. The van der Waals surface area contributed by atoms with Crippen LogP contribution in [0.25, 0.3) is 0 Å². The normalized spacial score (nSPS) is 28.5. The molecule has 2 atom stereocenters. The molecule has 0 radical (unpaired) electrons. The first-order valence-corrected chi connectivity index (χ1v) is 6.74. The fourth-order valence-electron chi connectivity index (χ4n) is 3.07. The van der Waals surface area contributed by atoms with Gasteiger partial charge in [-0.25, -0.2) is 0 Å². The Hall–Kier alpha value is -1.84. The van der Waals surface area contributed by atoms with Crippen molar-refractivity contribution >= 4 is 17.5 Å². The van der Waals surface area contributed by atoms with Crippen LogP contribution >= 0.6 is 0 Å². The van der Waals surface area contributed by atoms with Gasteiger partial charge in [0.1, 0.15) is 0 Å². The van der Waals surface area contributed by atoms with Crippen molar-refractivity contribution in [3.8, 4) is 0 Å². The van der Waals surface area contributed by atoms with E-state index in [0.29, 0.717) is 12.5 Å². The van der Waals surface area contributed by atoms with E-state index in [1.807, 2.05) is 35.2 Å². The standard InChI is InChI=1S/C15H18N2O2/c1-11(18)17-8-7-15(9-12(15)10-17)14(19)16-13-5-3-2-4-6-13/h2-6,12H,7-10H2,1H3,(H,16,19). The van der Waals surface area contributed by atoms with Crippen molar-refractivity contribution in [2.24, 2.45) is 11.3 Å². The van der Waals surface area contributed by atoms with Gasteiger partial charge in [0.2, 0.25) is 11.8 Å². The lowest BCUT2D eigenvalue weighted by molar-refractivity contribution is -0.132. The molecular weight excluding hydrogens is 240 g/mol. The lowest BCUT2D eigenvalue weighted by Crippen LogP contribution is -2.41. The summed E-state index contributed by atoms with van der Waals surface area (Å²) < 4.78 is 0. The second kappa shape index (κ2) is 4.37. The summed E-state index contributed by atoms with van der Waals surface area (Å²) in [6.07, 6.45) is 1.70. The van der Waals surface area contributed by atoms with Crippen LogP contribution in [-0.2, 0) is 9.59 Å². The van der Waals surface area contributed by atoms with Gasteiger partial charge in [0.05, 0.1) is 5.41 Å². The minimum atomic E-state index is -0.220. The smallest absolute Gasteiger partial charge is 0.231 e. The maximum Gasteiger partial charge on any atom is 0.231 e. The molecule has 2 unspecified atom stereocenters. The second-order valence-electron chi connectivity index (χ2n) is 5.59. The molecule has 1 heterocycles. The molecule has 3 rings (SSSR count). The highest BCUT2D eigenvalue weighted by Gasteiger charge is 2.61. The highest BCUT2D eigenvalue weighted by atomic mass is 16.2. The van der Waals surface area contributed by atoms with E-state index in [1.165, 1.54) is 0 Å². The number of carbonyl (C=O) groups is 2. The maximum absolute atomic E-state index is 12.4. The van der Waals surface area contributed by atoms with E-state index >= 15 is 0 Å². The van der Waals surface area contributed by atoms with Crippen molar-refractivity contribution in [1.29, 1.82) is 0 Å². The second-order valence-corrected chi connectivity index (χ2v) is 5.59. The summed E-state index contributed by atoms with van der Waals surface area (Å²) in [6.45, 7) is 3.03. The molecule has 0 spiro atoms. The minimum Gasteiger partial charge on any atom is -0.343 e. The molecule has 1 saturated heterocycles. The molecule has 4 nitrogen and oxygen atoms in total. The van der Waals surface area contributed by atoms with E-state index in [-0.39, 0.29) is 17.2 Å². The van der Waals surface area contributed by atoms with Gasteiger partial charge >= 0.3 is 0 Å². The Labute approximate surface area is 112 Å². The molecule has 1 aromatic carbocycles. The number of rotatable bonds is 2. The zero-order chi connectivity index (χ0) is 13.5. The Kier molecular flexibility index (Phi) is 2.81. The number of hydrogen-bond donors (Lipinski definition) is 1. The van der Waals surface area contributed by atoms with Crippen molar-refractivity contribution in [2.45, 2.75) is 19.8 Å². The lowest BCUT2D eigenvalue weighted by atomic mass is 9.94. The molecule has 19 heavy (non-hydrogen) atoms. The summed E-state index contributed by atoms with van der Waals surface area (Å²) in [4.78, 5) is 25.6. The summed E-state index contributed by atoms with van der Waals surface area (Å²) >= 11 is 0. The fraction of sp³-hybridized carbons (Fsp3) is 0.467. The molecule has 1 aliphatic heterocycles. The first kappa shape index (κ1) is 12.2. The third-order valence-electron chi connectivity index (χ3n) is 4.43. The van der Waals surface area contributed by atoms with Crippen molar-refractivity contribution in [3.63, 3.8) is 0 Å². The van der Waals surface area contributed by atoms with Crippen LogP contribution in [0.1, 0.15) is 19.8 Å². The third kappa shape index (κ3) is 2.11. The van der Waals surface area contributed by atoms with E-state index in [0.717, 1.165) is 25.1 Å². The summed E-state index contributed by atoms with van der Waals surface area (Å²) in [6, 6.07) is 9.55. The molecule has 2 aliphatic rings. The van der Waals surface area contributed by atoms with E-state index in [9.17, 15) is 9.59 Å². The van der Waals surface area contributed by atoms with Crippen molar-refractivity contribution in [2.75, 3.05) is 18.4 Å². The average Bonchev–Trinajstić information content (AvgIpc) is 3.14. The van der Waals surface area contributed by atoms with Crippen LogP contribution in [0.4, 0.5) is 5.69 Å². The average molecular weight is 258 g/mol. The number of nitrogens with zero attached hydrogens (tertiary/aromatic N) is 1. The largest absolute Gasteiger partial charge is 0.343 e. The zero-order valence-electron chi connectivity index (χ0n) is 11.1. The quantitative estimate of drug-likeness (QED) is 0.880. The van der Waals surface area contributed by atoms with E-state index in [2.05, 4.69) is 5.32 Å². The van der Waals surface area contributed by atoms with Crippen LogP contribution in [0.3, 0.4) is 0 Å². The van der Waals surface area contributed by atoms with Gasteiger partial charge in [0, 0.05) is 25.7 Å². The number of fused-ring (bicyclic) bond motifs is 1. The summed E-state index contributed by atoms with van der Waals surface area (Å²) in [5, 5.41) is 3.00. The Balaban J connectivity index is 1.65. The Bertz CT molecular complexity index is 514. The first-order chi connectivity index (χ1) is 9.12. The monoisotopic (exact) mass is 258 g/mol. The molecule has 4 heteroatoms. The third-order valence-corrected chi connectivity index (χ3v) is 4.43. The molecule has 100 valence electrons. The Morgan fingerprint density at radius 3 is 2.68 bits per heavy atom. The molecule has 0 bridgehead atoms. The number of para-hydroxylation sites is 1. The van der Waals surface area contributed by atoms with Gasteiger partial charge < -0.3 is 10.2 Å². The number of hydrogen-bond acceptors (Lipinski definition) is 2. The fourth-order valence-corrected chi connectivity index (χ4v) is 3.07. The summed E-state index contributed by atoms with van der Waals surface area (Å²) in [5.41, 5.74) is 0.628. The molecule has 2 amide bonds. The van der Waals surface area contributed by atoms with Gasteiger partial charge in [-0.2, -0.15) is 0 Å². The first-order valence-electron chi connectivity index (χ1n) is 6.74. The number of amides is 2. The lowest BCUT2D eigenvalue weighted by Gasteiger charge is -2.30. The van der Waals surface area contributed by atoms with Crippen molar-refractivity contribution in [1.82, 2.24) is 4.90 Å². The number of likely N-dealkylation sites (tertiary alicyclic amines) is 1. The molecule has 1 aromatic rings. The van der Waals surface area contributed by atoms with Gasteiger partial charge in [-0.05, 0) is 30.9 Å². The van der Waals surface area contributed by atoms with Crippen LogP contribution in [0.15, 0.2) is 30.3 Å². The summed E-state index contributed by atoms with van der Waals surface area (Å²) in [7, 11) is 0. The number of nitrogens with one attached hydrogen (secondary N) is 1. The summed E-state index contributed by atoms with van der Waals surface area (Å²) in [5.74, 6) is 0.574. The zero-order valence-corrected chi connectivity index (χ0v) is 11.1. The van der Waals surface area contributed by atoms with Crippen LogP contribution in [0.5, 0.6) is 0 Å². The van der Waals surface area contributed by atoms with Crippen LogP contribution in [0.2, 0.25) is 0 Å². The number of carbonyl (C=O) groups excluding carboxylic acids is 2. The predicted molar refractivity (Wildman–Crippen MR) is 72.5 cm³/mol. The van der Waals surface area contributed by atoms with E-state index < -0.39 is 0 Å². The Morgan fingerprint density at radius 2 is 2.05 bits per heavy atom. The van der Waals surface area contributed by atoms with Gasteiger partial charge in [-0.15, -0.1) is 0 Å². The van der Waals surface area contributed by atoms with Gasteiger partial charge in [0.15, 0.2) is 0 Å². The van der Waals surface area contributed by atoms with Gasteiger partial charge in [-0.1, -0.05) is 18.2 Å². The van der Waals surface area contributed by atoms with E-state index in [1.54, 1.807) is 6.92 Å². The highest BCUT2D eigenvalue weighted by Crippen LogP contribution is 2.58. The van der Waals surface area contributed by atoms with Crippen LogP contribution in [-0.4, -0.2) is 29.8 Å². The van der Waals surface area contributed by atoms with Crippen molar-refractivity contribution < 1.29 is 9.59 Å². The van der Waals surface area contributed by atoms with Crippen LogP contribution in [0, 0.1) is 11.3 Å². The van der Waals surface area contributed by atoms with Crippen LogP contribution < -0.4 is 5.32 Å². The molecular formula is C15H18N2O2. The van der Waals surface area contributed by atoms with Gasteiger partial charge in [-0.3, -0.25) is 9.59 Å². The number of piperidine rings is 1. The molecule has 0 aromatic heterocycles. The Morgan fingerprint density at radius 1 is 1.32 bits per heavy atom. The number of benzene rings is 1. The van der Waals surface area contributed by atoms with E-state index in [4.69, 9.17) is 0 Å². The van der Waals surface area contributed by atoms with Crippen molar-refractivity contribution in [3.05, 3.63) is 30.3 Å². The SMILES string of the molecule is CC(=O)N1CCC2(C(=O)Nc3ccccc3)CC2C1. The molecule has 1 aliphatic carbocycles. The molecule has 1 saturated carbocycles. The van der Waals surface area contributed by atoms with Gasteiger partial charge in [0.25, 0.3) is 0 Å². The molecule has 1 N–H and O–H groups in total.